The molecule has 0 radical (unpaired) electrons. The highest BCUT2D eigenvalue weighted by Crippen LogP contribution is 2.47. The molecule has 2 aliphatic rings. The molecule has 1 aromatic rings. The number of rotatable bonds is 1. The van der Waals surface area contributed by atoms with Gasteiger partial charge in [0.05, 0.1) is 0 Å². The maximum atomic E-state index is 12.1. The normalized spacial score (nSPS) is 41.5. The number of aliphatic hydroxyl groups is 1. The SMILES string of the molecule is [2H]C[C@@]12C[S+]([O-])[C@@H]([C@H](n3cc(C)c(=O)[nH]c3=O)O1)[C@@H]2O. The summed E-state index contributed by atoms with van der Waals surface area (Å²) in [6.07, 6.45) is -0.647. The lowest BCUT2D eigenvalue weighted by molar-refractivity contribution is -0.0792. The van der Waals surface area contributed by atoms with E-state index in [1.54, 1.807) is 0 Å². The van der Waals surface area contributed by atoms with Crippen LogP contribution in [0.4, 0.5) is 0 Å². The Morgan fingerprint density at radius 2 is 2.47 bits per heavy atom. The summed E-state index contributed by atoms with van der Waals surface area (Å²) in [5.41, 5.74) is -2.05. The molecule has 0 saturated carbocycles. The van der Waals surface area contributed by atoms with E-state index in [1.165, 1.54) is 13.1 Å². The Hall–Kier alpha value is -1.09. The largest absolute Gasteiger partial charge is 0.616 e. The summed E-state index contributed by atoms with van der Waals surface area (Å²) in [4.78, 5) is 25.4. The number of fused-ring (bicyclic) bond motifs is 2. The minimum atomic E-state index is -1.38. The third-order valence-corrected chi connectivity index (χ3v) is 5.47. The van der Waals surface area contributed by atoms with Gasteiger partial charge in [0.25, 0.3) is 5.56 Å². The molecule has 19 heavy (non-hydrogen) atoms. The van der Waals surface area contributed by atoms with Crippen molar-refractivity contribution in [1.29, 1.82) is 0 Å². The van der Waals surface area contributed by atoms with Crippen LogP contribution in [0.5, 0.6) is 0 Å². The number of nitrogens with zero attached hydrogens (tertiary/aromatic N) is 1. The molecule has 3 rings (SSSR count). The van der Waals surface area contributed by atoms with Crippen LogP contribution >= 0.6 is 0 Å². The topological polar surface area (TPSA) is 107 Å². The summed E-state index contributed by atoms with van der Waals surface area (Å²) in [7, 11) is 0. The average molecular weight is 287 g/mol. The second-order valence-electron chi connectivity index (χ2n) is 4.99. The first-order valence-electron chi connectivity index (χ1n) is 6.45. The van der Waals surface area contributed by atoms with Gasteiger partial charge in [-0.15, -0.1) is 0 Å². The zero-order valence-corrected chi connectivity index (χ0v) is 11.0. The third kappa shape index (κ3) is 1.71. The smallest absolute Gasteiger partial charge is 0.330 e. The fourth-order valence-electron chi connectivity index (χ4n) is 2.55. The van der Waals surface area contributed by atoms with E-state index >= 15 is 0 Å². The molecule has 0 aliphatic carbocycles. The van der Waals surface area contributed by atoms with Crippen molar-refractivity contribution in [1.82, 2.24) is 9.55 Å². The second kappa shape index (κ2) is 3.95. The van der Waals surface area contributed by atoms with E-state index in [9.17, 15) is 19.2 Å². The predicted molar refractivity (Wildman–Crippen MR) is 67.4 cm³/mol. The summed E-state index contributed by atoms with van der Waals surface area (Å²) in [5, 5.41) is 9.41. The van der Waals surface area contributed by atoms with Crippen molar-refractivity contribution in [3.05, 3.63) is 32.6 Å². The molecule has 0 aromatic carbocycles. The van der Waals surface area contributed by atoms with Gasteiger partial charge >= 0.3 is 5.69 Å². The number of ether oxygens (including phenoxy) is 1. The van der Waals surface area contributed by atoms with E-state index in [0.29, 0.717) is 5.56 Å². The quantitative estimate of drug-likeness (QED) is 0.619. The zero-order valence-electron chi connectivity index (χ0n) is 11.2. The van der Waals surface area contributed by atoms with Gasteiger partial charge in [0.1, 0.15) is 17.5 Å². The highest BCUT2D eigenvalue weighted by Gasteiger charge is 2.66. The minimum Gasteiger partial charge on any atom is -0.616 e. The molecule has 5 atom stereocenters. The standard InChI is InChI=1S/C11H14N2O5S/c1-5-3-13(10(16)12-8(5)15)9-6-7(14)11(2,18-9)4-19(6)17/h3,6-7,9,14H,4H2,1-2H3,(H,12,15,16)/t6-,7+,9-,11+,19?/m1/s1/i2D. The Bertz CT molecular complexity index is 661. The first-order valence-corrected chi connectivity index (χ1v) is 7.12. The fraction of sp³-hybridized carbons (Fsp3) is 0.636. The van der Waals surface area contributed by atoms with Crippen molar-refractivity contribution in [3.63, 3.8) is 0 Å². The average Bonchev–Trinajstić information content (AvgIpc) is 2.81. The summed E-state index contributed by atoms with van der Waals surface area (Å²) < 4.78 is 26.4. The molecule has 2 N–H and O–H groups in total. The van der Waals surface area contributed by atoms with Crippen molar-refractivity contribution in [2.75, 3.05) is 5.75 Å². The molecule has 2 bridgehead atoms. The van der Waals surface area contributed by atoms with E-state index in [2.05, 4.69) is 4.98 Å². The number of aliphatic hydroxyl groups excluding tert-OH is 1. The first-order chi connectivity index (χ1) is 9.39. The number of aromatic amines is 1. The number of aromatic nitrogens is 2. The van der Waals surface area contributed by atoms with Crippen LogP contribution in [0, 0.1) is 6.92 Å². The molecule has 7 nitrogen and oxygen atoms in total. The zero-order chi connectivity index (χ0) is 14.7. The van der Waals surface area contributed by atoms with Crippen LogP contribution in [0.15, 0.2) is 15.8 Å². The van der Waals surface area contributed by atoms with E-state index in [0.717, 1.165) is 4.57 Å². The van der Waals surface area contributed by atoms with Crippen LogP contribution in [-0.4, -0.2) is 41.9 Å². The molecule has 0 spiro atoms. The summed E-state index contributed by atoms with van der Waals surface area (Å²) in [5.74, 6) is 0.0932. The minimum absolute atomic E-state index is 0.0932. The van der Waals surface area contributed by atoms with Crippen LogP contribution in [0.2, 0.25) is 0 Å². The van der Waals surface area contributed by atoms with Crippen molar-refractivity contribution < 1.29 is 15.8 Å². The van der Waals surface area contributed by atoms with Crippen LogP contribution in [0.3, 0.4) is 0 Å². The Morgan fingerprint density at radius 3 is 3.11 bits per heavy atom. The first kappa shape index (κ1) is 11.7. The third-order valence-electron chi connectivity index (χ3n) is 3.60. The molecule has 2 aliphatic heterocycles. The number of hydrogen-bond donors (Lipinski definition) is 2. The summed E-state index contributed by atoms with van der Waals surface area (Å²) >= 11 is -1.38. The molecular formula is C11H14N2O5S. The van der Waals surface area contributed by atoms with Crippen LogP contribution in [-0.2, 0) is 15.9 Å². The van der Waals surface area contributed by atoms with Gasteiger partial charge in [-0.25, -0.2) is 4.79 Å². The molecule has 0 amide bonds. The van der Waals surface area contributed by atoms with Gasteiger partial charge in [0.2, 0.25) is 0 Å². The molecule has 8 heteroatoms. The number of hydrogen-bond acceptors (Lipinski definition) is 5. The van der Waals surface area contributed by atoms with Crippen molar-refractivity contribution in [2.24, 2.45) is 0 Å². The van der Waals surface area contributed by atoms with Crippen molar-refractivity contribution in [2.45, 2.75) is 37.0 Å². The maximum absolute atomic E-state index is 12.1. The molecule has 2 saturated heterocycles. The predicted octanol–water partition coefficient (Wildman–Crippen LogP) is -1.38. The highest BCUT2D eigenvalue weighted by atomic mass is 32.2. The molecule has 1 unspecified atom stereocenters. The van der Waals surface area contributed by atoms with E-state index < -0.39 is 45.6 Å². The molecule has 3 heterocycles. The van der Waals surface area contributed by atoms with Crippen LogP contribution < -0.4 is 11.2 Å². The van der Waals surface area contributed by atoms with Crippen LogP contribution in [0.25, 0.3) is 0 Å². The molecular weight excluding hydrogens is 272 g/mol. The van der Waals surface area contributed by atoms with Gasteiger partial charge in [-0.3, -0.25) is 14.3 Å². The maximum Gasteiger partial charge on any atom is 0.330 e. The summed E-state index contributed by atoms with van der Waals surface area (Å²) in [6, 6.07) is 0. The number of nitrogens with one attached hydrogen (secondary N) is 1. The molecule has 2 fully saturated rings. The molecule has 104 valence electrons. The van der Waals surface area contributed by atoms with Gasteiger partial charge < -0.3 is 14.4 Å². The van der Waals surface area contributed by atoms with E-state index in [1.807, 2.05) is 0 Å². The Morgan fingerprint density at radius 1 is 1.74 bits per heavy atom. The Kier molecular flexibility index (Phi) is 2.44. The number of aryl methyl sites for hydroxylation is 1. The van der Waals surface area contributed by atoms with Gasteiger partial charge in [-0.2, -0.15) is 0 Å². The van der Waals surface area contributed by atoms with Crippen molar-refractivity contribution in [3.8, 4) is 0 Å². The fourth-order valence-corrected chi connectivity index (χ4v) is 4.45. The van der Waals surface area contributed by atoms with Gasteiger partial charge in [0.15, 0.2) is 11.5 Å². The lowest BCUT2D eigenvalue weighted by Crippen LogP contribution is -2.43. The van der Waals surface area contributed by atoms with Gasteiger partial charge in [-0.1, -0.05) is 0 Å². The van der Waals surface area contributed by atoms with E-state index in [4.69, 9.17) is 6.11 Å². The van der Waals surface area contributed by atoms with Crippen LogP contribution in [0.1, 0.15) is 20.1 Å². The molecule has 1 aromatic heterocycles. The second-order valence-corrected chi connectivity index (χ2v) is 6.58. The Balaban J connectivity index is 2.07. The number of H-pyrrole nitrogens is 1. The highest BCUT2D eigenvalue weighted by molar-refractivity contribution is 7.92. The van der Waals surface area contributed by atoms with Crippen molar-refractivity contribution >= 4 is 11.2 Å². The Labute approximate surface area is 112 Å². The van der Waals surface area contributed by atoms with Gasteiger partial charge in [0, 0.05) is 13.1 Å². The lowest BCUT2D eigenvalue weighted by Gasteiger charge is -2.29. The van der Waals surface area contributed by atoms with Gasteiger partial charge in [-0.05, 0) is 25.0 Å². The summed E-state index contributed by atoms with van der Waals surface area (Å²) in [6.45, 7) is 1.31. The monoisotopic (exact) mass is 287 g/mol. The lowest BCUT2D eigenvalue weighted by atomic mass is 10.0. The van der Waals surface area contributed by atoms with E-state index in [-0.39, 0.29) is 12.7 Å².